The number of nitrogens with one attached hydrogen (secondary N) is 1. The predicted molar refractivity (Wildman–Crippen MR) is 131 cm³/mol. The van der Waals surface area contributed by atoms with Gasteiger partial charge >= 0.3 is 5.69 Å². The van der Waals surface area contributed by atoms with E-state index in [9.17, 15) is 19.7 Å². The van der Waals surface area contributed by atoms with Gasteiger partial charge in [-0.2, -0.15) is 0 Å². The van der Waals surface area contributed by atoms with E-state index in [1.807, 2.05) is 32.9 Å². The Kier molecular flexibility index (Phi) is 10.3. The van der Waals surface area contributed by atoms with E-state index in [1.165, 1.54) is 30.2 Å². The number of ether oxygens (including phenoxy) is 3. The number of nitro groups is 1. The first kappa shape index (κ1) is 27.4. The van der Waals surface area contributed by atoms with E-state index in [-0.39, 0.29) is 42.2 Å². The minimum absolute atomic E-state index is 0.0227. The summed E-state index contributed by atoms with van der Waals surface area (Å²) in [7, 11) is 2.89. The fourth-order valence-electron chi connectivity index (χ4n) is 3.40. The second-order valence-electron chi connectivity index (χ2n) is 8.31. The van der Waals surface area contributed by atoms with E-state index in [2.05, 4.69) is 5.32 Å². The zero-order valence-corrected chi connectivity index (χ0v) is 20.8. The van der Waals surface area contributed by atoms with Gasteiger partial charge < -0.3 is 24.4 Å². The molecule has 0 unspecified atom stereocenters. The average molecular weight is 488 g/mol. The number of methoxy groups -OCH3 is 2. The second kappa shape index (κ2) is 13.2. The van der Waals surface area contributed by atoms with Crippen molar-refractivity contribution in [3.05, 3.63) is 58.1 Å². The van der Waals surface area contributed by atoms with Crippen LogP contribution in [0.25, 0.3) is 0 Å². The molecule has 2 amide bonds. The molecule has 2 rings (SSSR count). The number of hydrogen-bond donors (Lipinski definition) is 1. The van der Waals surface area contributed by atoms with Crippen molar-refractivity contribution in [2.45, 2.75) is 39.8 Å². The lowest BCUT2D eigenvalue weighted by Gasteiger charge is -2.31. The van der Waals surface area contributed by atoms with Crippen LogP contribution < -0.4 is 19.5 Å². The topological polar surface area (TPSA) is 120 Å². The van der Waals surface area contributed by atoms with Gasteiger partial charge in [0.1, 0.15) is 17.5 Å². The van der Waals surface area contributed by atoms with Crippen molar-refractivity contribution in [2.75, 3.05) is 27.4 Å². The van der Waals surface area contributed by atoms with Gasteiger partial charge in [0.05, 0.1) is 19.1 Å². The highest BCUT2D eigenvalue weighted by Crippen LogP contribution is 2.30. The Bertz CT molecular complexity index is 1010. The Hall–Kier alpha value is -3.82. The molecule has 2 aromatic rings. The number of carbonyl (C=O) groups excluding carboxylic acids is 2. The fourth-order valence-corrected chi connectivity index (χ4v) is 3.40. The highest BCUT2D eigenvalue weighted by molar-refractivity contribution is 5.88. The lowest BCUT2D eigenvalue weighted by Crippen LogP contribution is -2.50. The summed E-state index contributed by atoms with van der Waals surface area (Å²) in [5, 5.41) is 14.0. The largest absolute Gasteiger partial charge is 0.497 e. The Labute approximate surface area is 205 Å². The Morgan fingerprint density at radius 1 is 1.06 bits per heavy atom. The van der Waals surface area contributed by atoms with Crippen LogP contribution in [0.2, 0.25) is 0 Å². The van der Waals surface area contributed by atoms with E-state index in [4.69, 9.17) is 14.2 Å². The van der Waals surface area contributed by atoms with Gasteiger partial charge in [-0.25, -0.2) is 0 Å². The molecule has 0 aliphatic heterocycles. The Morgan fingerprint density at radius 3 is 2.26 bits per heavy atom. The van der Waals surface area contributed by atoms with E-state index >= 15 is 0 Å². The minimum Gasteiger partial charge on any atom is -0.497 e. The number of benzene rings is 2. The molecule has 0 heterocycles. The van der Waals surface area contributed by atoms with Crippen molar-refractivity contribution in [2.24, 2.45) is 5.92 Å². The number of nitrogens with zero attached hydrogens (tertiary/aromatic N) is 2. The van der Waals surface area contributed by atoms with Gasteiger partial charge in [-0.05, 0) is 36.1 Å². The van der Waals surface area contributed by atoms with Crippen LogP contribution in [0.15, 0.2) is 42.5 Å². The lowest BCUT2D eigenvalue weighted by molar-refractivity contribution is -0.385. The number of amides is 2. The molecule has 0 bridgehead atoms. The average Bonchev–Trinajstić information content (AvgIpc) is 2.85. The first-order valence-electron chi connectivity index (χ1n) is 11.3. The van der Waals surface area contributed by atoms with Crippen LogP contribution in [-0.2, 0) is 16.1 Å². The molecule has 0 spiro atoms. The summed E-state index contributed by atoms with van der Waals surface area (Å²) in [6.07, 6.45) is 0.414. The summed E-state index contributed by atoms with van der Waals surface area (Å²) in [5.41, 5.74) is 0.617. The highest BCUT2D eigenvalue weighted by Gasteiger charge is 2.29. The van der Waals surface area contributed by atoms with Gasteiger partial charge in [0, 0.05) is 25.2 Å². The van der Waals surface area contributed by atoms with Crippen molar-refractivity contribution in [3.8, 4) is 17.2 Å². The summed E-state index contributed by atoms with van der Waals surface area (Å²) in [6.45, 7) is 6.17. The molecule has 1 atom stereocenters. The van der Waals surface area contributed by atoms with Crippen molar-refractivity contribution in [3.63, 3.8) is 0 Å². The van der Waals surface area contributed by atoms with Crippen molar-refractivity contribution in [1.82, 2.24) is 10.2 Å². The summed E-state index contributed by atoms with van der Waals surface area (Å²) in [6, 6.07) is 10.6. The summed E-state index contributed by atoms with van der Waals surface area (Å²) < 4.78 is 15.9. The third-order valence-corrected chi connectivity index (χ3v) is 5.29. The quantitative estimate of drug-likeness (QED) is 0.339. The van der Waals surface area contributed by atoms with E-state index in [1.54, 1.807) is 19.2 Å². The molecule has 10 heteroatoms. The van der Waals surface area contributed by atoms with Crippen molar-refractivity contribution >= 4 is 17.5 Å². The Morgan fingerprint density at radius 2 is 1.71 bits per heavy atom. The molecular weight excluding hydrogens is 454 g/mol. The third-order valence-electron chi connectivity index (χ3n) is 5.29. The molecule has 0 saturated carbocycles. The van der Waals surface area contributed by atoms with Crippen LogP contribution in [0.3, 0.4) is 0 Å². The maximum absolute atomic E-state index is 13.3. The predicted octanol–water partition coefficient (Wildman–Crippen LogP) is 3.57. The van der Waals surface area contributed by atoms with Crippen LogP contribution in [-0.4, -0.2) is 55.1 Å². The molecule has 1 N–H and O–H groups in total. The molecule has 0 saturated heterocycles. The highest BCUT2D eigenvalue weighted by atomic mass is 16.6. The van der Waals surface area contributed by atoms with Crippen molar-refractivity contribution in [1.29, 1.82) is 0 Å². The monoisotopic (exact) mass is 487 g/mol. The SMILES string of the molecule is CC[C@H](C(=O)NCC(C)C)N(Cc1ccc(OC)cc1)C(=O)COc1ccc([N+](=O)[O-])c(OC)c1. The summed E-state index contributed by atoms with van der Waals surface area (Å²) >= 11 is 0. The molecule has 0 aliphatic carbocycles. The van der Waals surface area contributed by atoms with Gasteiger partial charge in [0.2, 0.25) is 11.7 Å². The summed E-state index contributed by atoms with van der Waals surface area (Å²) in [5.74, 6) is 0.577. The maximum atomic E-state index is 13.3. The smallest absolute Gasteiger partial charge is 0.311 e. The lowest BCUT2D eigenvalue weighted by atomic mass is 10.1. The van der Waals surface area contributed by atoms with Crippen LogP contribution in [0.1, 0.15) is 32.8 Å². The van der Waals surface area contributed by atoms with Crippen LogP contribution in [0.5, 0.6) is 17.2 Å². The van der Waals surface area contributed by atoms with Crippen LogP contribution in [0.4, 0.5) is 5.69 Å². The van der Waals surface area contributed by atoms with E-state index in [0.717, 1.165) is 5.56 Å². The summed E-state index contributed by atoms with van der Waals surface area (Å²) in [4.78, 5) is 38.2. The molecule has 0 fully saturated rings. The van der Waals surface area contributed by atoms with Gasteiger partial charge in [0.25, 0.3) is 5.91 Å². The first-order valence-corrected chi connectivity index (χ1v) is 11.3. The standard InChI is InChI=1S/C25H33N3O7/c1-6-21(25(30)26-14-17(2)3)27(15-18-7-9-19(33-4)10-8-18)24(29)16-35-20-11-12-22(28(31)32)23(13-20)34-5/h7-13,17,21H,6,14-16H2,1-5H3,(H,26,30)/t21-/m1/s1. The van der Waals surface area contributed by atoms with Gasteiger partial charge in [0.15, 0.2) is 6.61 Å². The van der Waals surface area contributed by atoms with Crippen LogP contribution >= 0.6 is 0 Å². The second-order valence-corrected chi connectivity index (χ2v) is 8.31. The zero-order chi connectivity index (χ0) is 26.0. The Balaban J connectivity index is 2.24. The first-order chi connectivity index (χ1) is 16.7. The molecule has 10 nitrogen and oxygen atoms in total. The molecule has 0 aromatic heterocycles. The van der Waals surface area contributed by atoms with Gasteiger partial charge in [-0.3, -0.25) is 19.7 Å². The maximum Gasteiger partial charge on any atom is 0.311 e. The molecule has 0 aliphatic rings. The number of rotatable bonds is 13. The molecule has 190 valence electrons. The zero-order valence-electron chi connectivity index (χ0n) is 20.8. The molecule has 0 radical (unpaired) electrons. The van der Waals surface area contributed by atoms with Crippen molar-refractivity contribution < 1.29 is 28.7 Å². The van der Waals surface area contributed by atoms with Crippen LogP contribution in [0, 0.1) is 16.0 Å². The molecule has 2 aromatic carbocycles. The van der Waals surface area contributed by atoms with Gasteiger partial charge in [-0.1, -0.05) is 32.9 Å². The normalized spacial score (nSPS) is 11.5. The third kappa shape index (κ3) is 7.87. The molecule has 35 heavy (non-hydrogen) atoms. The molecular formula is C25H33N3O7. The number of carbonyl (C=O) groups is 2. The number of hydrogen-bond acceptors (Lipinski definition) is 7. The van der Waals surface area contributed by atoms with E-state index < -0.39 is 16.9 Å². The fraction of sp³-hybridized carbons (Fsp3) is 0.440. The number of nitro benzene ring substituents is 1. The minimum atomic E-state index is -0.696. The van der Waals surface area contributed by atoms with Gasteiger partial charge in [-0.15, -0.1) is 0 Å². The van der Waals surface area contributed by atoms with E-state index in [0.29, 0.717) is 18.7 Å².